The lowest BCUT2D eigenvalue weighted by Gasteiger charge is -2.09. The number of fused-ring (bicyclic) bond motifs is 1. The molecule has 0 aliphatic heterocycles. The van der Waals surface area contributed by atoms with Gasteiger partial charge in [-0.1, -0.05) is 26.0 Å². The Morgan fingerprint density at radius 1 is 1.24 bits per heavy atom. The molecule has 2 nitrogen and oxygen atoms in total. The first kappa shape index (κ1) is 12.2. The van der Waals surface area contributed by atoms with Crippen molar-refractivity contribution in [3.63, 3.8) is 0 Å². The Labute approximate surface area is 104 Å². The summed E-state index contributed by atoms with van der Waals surface area (Å²) in [4.78, 5) is 0. The second kappa shape index (κ2) is 5.37. The van der Waals surface area contributed by atoms with Crippen molar-refractivity contribution in [3.05, 3.63) is 36.0 Å². The van der Waals surface area contributed by atoms with Gasteiger partial charge in [0.05, 0.1) is 0 Å². The molecule has 2 heteroatoms. The minimum absolute atomic E-state index is 0.582. The average molecular weight is 230 g/mol. The molecule has 2 aromatic rings. The average Bonchev–Trinajstić information content (AvgIpc) is 2.69. The number of hydrogen-bond acceptors (Lipinski definition) is 1. The summed E-state index contributed by atoms with van der Waals surface area (Å²) in [6, 6.07) is 9.32. The van der Waals surface area contributed by atoms with Gasteiger partial charge < -0.3 is 9.88 Å². The molecule has 0 fully saturated rings. The van der Waals surface area contributed by atoms with Crippen molar-refractivity contribution < 1.29 is 0 Å². The summed E-state index contributed by atoms with van der Waals surface area (Å²) < 4.78 is 2.35. The fourth-order valence-corrected chi connectivity index (χ4v) is 2.21. The van der Waals surface area contributed by atoms with E-state index in [0.717, 1.165) is 13.1 Å². The zero-order chi connectivity index (χ0) is 12.3. The third-order valence-electron chi connectivity index (χ3n) is 3.16. The van der Waals surface area contributed by atoms with Crippen LogP contribution in [0.1, 0.15) is 25.8 Å². The van der Waals surface area contributed by atoms with E-state index in [2.05, 4.69) is 61.1 Å². The second-order valence-corrected chi connectivity index (χ2v) is 4.98. The highest BCUT2D eigenvalue weighted by atomic mass is 15.0. The molecule has 1 aromatic carbocycles. The molecular formula is C15H22N2. The van der Waals surface area contributed by atoms with Crippen LogP contribution in [0, 0.1) is 6.92 Å². The van der Waals surface area contributed by atoms with Crippen molar-refractivity contribution in [3.8, 4) is 0 Å². The molecule has 1 N–H and O–H groups in total. The SMILES string of the molecule is Cc1cccc2c1ccn2CCCNC(C)C. The molecule has 0 spiro atoms. The molecule has 92 valence electrons. The Hall–Kier alpha value is -1.28. The molecule has 17 heavy (non-hydrogen) atoms. The summed E-state index contributed by atoms with van der Waals surface area (Å²) in [5, 5.41) is 4.83. The van der Waals surface area contributed by atoms with Gasteiger partial charge in [0.15, 0.2) is 0 Å². The number of nitrogens with one attached hydrogen (secondary N) is 1. The van der Waals surface area contributed by atoms with Crippen molar-refractivity contribution in [2.75, 3.05) is 6.54 Å². The maximum atomic E-state index is 3.45. The van der Waals surface area contributed by atoms with Crippen molar-refractivity contribution >= 4 is 10.9 Å². The maximum Gasteiger partial charge on any atom is 0.0482 e. The lowest BCUT2D eigenvalue weighted by atomic mass is 10.1. The lowest BCUT2D eigenvalue weighted by Crippen LogP contribution is -2.24. The lowest BCUT2D eigenvalue weighted by molar-refractivity contribution is 0.541. The molecule has 2 rings (SSSR count). The van der Waals surface area contributed by atoms with E-state index >= 15 is 0 Å². The monoisotopic (exact) mass is 230 g/mol. The summed E-state index contributed by atoms with van der Waals surface area (Å²) in [6.07, 6.45) is 3.38. The first-order valence-electron chi connectivity index (χ1n) is 6.46. The third-order valence-corrected chi connectivity index (χ3v) is 3.16. The predicted octanol–water partition coefficient (Wildman–Crippen LogP) is 3.34. The number of rotatable bonds is 5. The Bertz CT molecular complexity index is 483. The highest BCUT2D eigenvalue weighted by molar-refractivity contribution is 5.83. The van der Waals surface area contributed by atoms with Gasteiger partial charge in [0.1, 0.15) is 0 Å². The van der Waals surface area contributed by atoms with E-state index in [1.165, 1.54) is 22.9 Å². The molecule has 0 aliphatic carbocycles. The molecular weight excluding hydrogens is 208 g/mol. The first-order valence-corrected chi connectivity index (χ1v) is 6.46. The number of hydrogen-bond donors (Lipinski definition) is 1. The van der Waals surface area contributed by atoms with Crippen LogP contribution in [0.25, 0.3) is 10.9 Å². The summed E-state index contributed by atoms with van der Waals surface area (Å²) >= 11 is 0. The number of benzene rings is 1. The Balaban J connectivity index is 2.02. The Morgan fingerprint density at radius 3 is 2.82 bits per heavy atom. The predicted molar refractivity (Wildman–Crippen MR) is 74.4 cm³/mol. The van der Waals surface area contributed by atoms with Crippen LogP contribution in [0.3, 0.4) is 0 Å². The molecule has 1 aromatic heterocycles. The summed E-state index contributed by atoms with van der Waals surface area (Å²) in [6.45, 7) is 8.73. The normalized spacial score (nSPS) is 11.5. The van der Waals surface area contributed by atoms with Gasteiger partial charge in [0.2, 0.25) is 0 Å². The fourth-order valence-electron chi connectivity index (χ4n) is 2.21. The van der Waals surface area contributed by atoms with Crippen molar-refractivity contribution in [1.29, 1.82) is 0 Å². The van der Waals surface area contributed by atoms with Crippen LogP contribution in [0.5, 0.6) is 0 Å². The van der Waals surface area contributed by atoms with Gasteiger partial charge in [-0.25, -0.2) is 0 Å². The zero-order valence-corrected chi connectivity index (χ0v) is 11.0. The van der Waals surface area contributed by atoms with E-state index in [1.807, 2.05) is 0 Å². The van der Waals surface area contributed by atoms with E-state index in [9.17, 15) is 0 Å². The first-order chi connectivity index (χ1) is 8.18. The molecule has 0 saturated carbocycles. The smallest absolute Gasteiger partial charge is 0.0482 e. The van der Waals surface area contributed by atoms with Crippen molar-refractivity contribution in [2.24, 2.45) is 0 Å². The van der Waals surface area contributed by atoms with E-state index in [-0.39, 0.29) is 0 Å². The summed E-state index contributed by atoms with van der Waals surface area (Å²) in [5.74, 6) is 0. The molecule has 0 saturated heterocycles. The van der Waals surface area contributed by atoms with Crippen molar-refractivity contribution in [1.82, 2.24) is 9.88 Å². The minimum atomic E-state index is 0.582. The standard InChI is InChI=1S/C15H22N2/c1-12(2)16-9-5-10-17-11-8-14-13(3)6-4-7-15(14)17/h4,6-8,11-12,16H,5,9-10H2,1-3H3. The highest BCUT2D eigenvalue weighted by Gasteiger charge is 2.02. The second-order valence-electron chi connectivity index (χ2n) is 4.98. The van der Waals surface area contributed by atoms with E-state index in [4.69, 9.17) is 0 Å². The molecule has 0 atom stereocenters. The number of aromatic nitrogens is 1. The van der Waals surface area contributed by atoms with Gasteiger partial charge in [0.25, 0.3) is 0 Å². The van der Waals surface area contributed by atoms with Crippen LogP contribution in [0.15, 0.2) is 30.5 Å². The van der Waals surface area contributed by atoms with E-state index in [1.54, 1.807) is 0 Å². The van der Waals surface area contributed by atoms with Crippen LogP contribution in [0.4, 0.5) is 0 Å². The van der Waals surface area contributed by atoms with E-state index < -0.39 is 0 Å². The number of aryl methyl sites for hydroxylation is 2. The third kappa shape index (κ3) is 2.89. The molecule has 0 aliphatic rings. The highest BCUT2D eigenvalue weighted by Crippen LogP contribution is 2.19. The van der Waals surface area contributed by atoms with Crippen LogP contribution < -0.4 is 5.32 Å². The van der Waals surface area contributed by atoms with Crippen molar-refractivity contribution in [2.45, 2.75) is 39.8 Å². The molecule has 0 bridgehead atoms. The molecule has 0 radical (unpaired) electrons. The summed E-state index contributed by atoms with van der Waals surface area (Å²) in [7, 11) is 0. The summed E-state index contributed by atoms with van der Waals surface area (Å²) in [5.41, 5.74) is 2.72. The van der Waals surface area contributed by atoms with Gasteiger partial charge in [0, 0.05) is 29.7 Å². The topological polar surface area (TPSA) is 17.0 Å². The fraction of sp³-hybridized carbons (Fsp3) is 0.467. The van der Waals surface area contributed by atoms with Crippen LogP contribution in [-0.2, 0) is 6.54 Å². The maximum absolute atomic E-state index is 3.45. The van der Waals surface area contributed by atoms with Crippen LogP contribution >= 0.6 is 0 Å². The molecule has 0 amide bonds. The largest absolute Gasteiger partial charge is 0.347 e. The molecule has 0 unspecified atom stereocenters. The van der Waals surface area contributed by atoms with Gasteiger partial charge in [-0.3, -0.25) is 0 Å². The molecule has 1 heterocycles. The van der Waals surface area contributed by atoms with Gasteiger partial charge in [-0.15, -0.1) is 0 Å². The Morgan fingerprint density at radius 2 is 2.06 bits per heavy atom. The Kier molecular flexibility index (Phi) is 3.85. The van der Waals surface area contributed by atoms with Crippen LogP contribution in [-0.4, -0.2) is 17.2 Å². The minimum Gasteiger partial charge on any atom is -0.347 e. The van der Waals surface area contributed by atoms with Crippen LogP contribution in [0.2, 0.25) is 0 Å². The van der Waals surface area contributed by atoms with Gasteiger partial charge in [-0.05, 0) is 37.6 Å². The van der Waals surface area contributed by atoms with Gasteiger partial charge >= 0.3 is 0 Å². The zero-order valence-electron chi connectivity index (χ0n) is 11.0. The van der Waals surface area contributed by atoms with E-state index in [0.29, 0.717) is 6.04 Å². The number of nitrogens with zero attached hydrogens (tertiary/aromatic N) is 1. The quantitative estimate of drug-likeness (QED) is 0.780. The van der Waals surface area contributed by atoms with Gasteiger partial charge in [-0.2, -0.15) is 0 Å².